The summed E-state index contributed by atoms with van der Waals surface area (Å²) in [4.78, 5) is 17.4. The molecule has 120 valence electrons. The lowest BCUT2D eigenvalue weighted by molar-refractivity contribution is 0.0709. The molecule has 3 rings (SSSR count). The molecule has 2 fully saturated rings. The van der Waals surface area contributed by atoms with Crippen LogP contribution in [0.25, 0.3) is 0 Å². The summed E-state index contributed by atoms with van der Waals surface area (Å²) in [5, 5.41) is 0. The summed E-state index contributed by atoms with van der Waals surface area (Å²) in [6.45, 7) is 6.94. The first-order valence-electron chi connectivity index (χ1n) is 8.54. The number of likely N-dealkylation sites (tertiary alicyclic amines) is 2. The zero-order chi connectivity index (χ0) is 15.4. The van der Waals surface area contributed by atoms with Gasteiger partial charge in [-0.2, -0.15) is 0 Å². The first kappa shape index (κ1) is 15.3. The molecule has 2 aliphatic heterocycles. The molecule has 0 aromatic heterocycles. The Morgan fingerprint density at radius 2 is 1.86 bits per heavy atom. The Balaban J connectivity index is 1.64. The topological polar surface area (TPSA) is 32.8 Å². The van der Waals surface area contributed by atoms with Crippen molar-refractivity contribution in [3.8, 4) is 5.75 Å². The van der Waals surface area contributed by atoms with Crippen molar-refractivity contribution in [3.63, 3.8) is 0 Å². The molecule has 1 aromatic rings. The van der Waals surface area contributed by atoms with Crippen LogP contribution < -0.4 is 4.74 Å². The van der Waals surface area contributed by atoms with Crippen LogP contribution in [0.5, 0.6) is 5.75 Å². The zero-order valence-electron chi connectivity index (χ0n) is 13.5. The van der Waals surface area contributed by atoms with Crippen molar-refractivity contribution in [1.82, 2.24) is 9.80 Å². The lowest BCUT2D eigenvalue weighted by Crippen LogP contribution is -2.42. The Bertz CT molecular complexity index is 494. The largest absolute Gasteiger partial charge is 0.494 e. The second kappa shape index (κ2) is 7.14. The highest BCUT2D eigenvalue weighted by molar-refractivity contribution is 5.94. The van der Waals surface area contributed by atoms with Crippen LogP contribution in [0.1, 0.15) is 43.0 Å². The van der Waals surface area contributed by atoms with Gasteiger partial charge in [0.1, 0.15) is 5.75 Å². The maximum absolute atomic E-state index is 12.8. The number of benzene rings is 1. The zero-order valence-corrected chi connectivity index (χ0v) is 13.5. The van der Waals surface area contributed by atoms with Crippen molar-refractivity contribution in [1.29, 1.82) is 0 Å². The first-order valence-corrected chi connectivity index (χ1v) is 8.54. The van der Waals surface area contributed by atoms with Crippen LogP contribution in [0, 0.1) is 0 Å². The van der Waals surface area contributed by atoms with Crippen LogP contribution in [0.3, 0.4) is 0 Å². The van der Waals surface area contributed by atoms with Gasteiger partial charge in [0, 0.05) is 24.7 Å². The lowest BCUT2D eigenvalue weighted by Gasteiger charge is -2.28. The number of hydrogen-bond acceptors (Lipinski definition) is 3. The summed E-state index contributed by atoms with van der Waals surface area (Å²) in [5.41, 5.74) is 0.775. The van der Waals surface area contributed by atoms with E-state index in [1.165, 1.54) is 25.9 Å². The number of rotatable bonds is 5. The highest BCUT2D eigenvalue weighted by atomic mass is 16.5. The van der Waals surface area contributed by atoms with Crippen LogP contribution in [-0.2, 0) is 0 Å². The number of nitrogens with zero attached hydrogens (tertiary/aromatic N) is 2. The average molecular weight is 302 g/mol. The van der Waals surface area contributed by atoms with E-state index in [1.54, 1.807) is 0 Å². The third-order valence-corrected chi connectivity index (χ3v) is 4.72. The van der Waals surface area contributed by atoms with Crippen molar-refractivity contribution in [3.05, 3.63) is 29.8 Å². The molecule has 1 unspecified atom stereocenters. The van der Waals surface area contributed by atoms with E-state index in [0.29, 0.717) is 12.6 Å². The van der Waals surface area contributed by atoms with Gasteiger partial charge in [0.2, 0.25) is 0 Å². The lowest BCUT2D eigenvalue weighted by atomic mass is 10.1. The molecule has 0 saturated carbocycles. The van der Waals surface area contributed by atoms with Gasteiger partial charge in [0.15, 0.2) is 0 Å². The van der Waals surface area contributed by atoms with Crippen LogP contribution in [-0.4, -0.2) is 54.5 Å². The van der Waals surface area contributed by atoms with Crippen molar-refractivity contribution in [2.45, 2.75) is 38.6 Å². The summed E-state index contributed by atoms with van der Waals surface area (Å²) in [6, 6.07) is 7.94. The maximum atomic E-state index is 12.8. The average Bonchev–Trinajstić information content (AvgIpc) is 3.20. The van der Waals surface area contributed by atoms with Gasteiger partial charge in [0.05, 0.1) is 6.61 Å². The molecular weight excluding hydrogens is 276 g/mol. The molecule has 0 aliphatic carbocycles. The molecular formula is C18H26N2O2. The van der Waals surface area contributed by atoms with Crippen LogP contribution in [0.15, 0.2) is 24.3 Å². The summed E-state index contributed by atoms with van der Waals surface area (Å²) in [7, 11) is 0. The van der Waals surface area contributed by atoms with Gasteiger partial charge in [-0.15, -0.1) is 0 Å². The van der Waals surface area contributed by atoms with Gasteiger partial charge in [-0.3, -0.25) is 4.79 Å². The Labute approximate surface area is 133 Å². The van der Waals surface area contributed by atoms with Gasteiger partial charge in [0.25, 0.3) is 5.91 Å². The number of carbonyl (C=O) groups is 1. The molecule has 1 atom stereocenters. The molecule has 4 heteroatoms. The van der Waals surface area contributed by atoms with Crippen LogP contribution >= 0.6 is 0 Å². The van der Waals surface area contributed by atoms with Gasteiger partial charge in [-0.25, -0.2) is 0 Å². The van der Waals surface area contributed by atoms with Gasteiger partial charge >= 0.3 is 0 Å². The smallest absolute Gasteiger partial charge is 0.254 e. The fourth-order valence-corrected chi connectivity index (χ4v) is 3.58. The second-order valence-electron chi connectivity index (χ2n) is 6.26. The highest BCUT2D eigenvalue weighted by Gasteiger charge is 2.31. The van der Waals surface area contributed by atoms with E-state index in [-0.39, 0.29) is 5.91 Å². The molecule has 4 nitrogen and oxygen atoms in total. The van der Waals surface area contributed by atoms with E-state index in [9.17, 15) is 4.79 Å². The Hall–Kier alpha value is -1.55. The Morgan fingerprint density at radius 3 is 2.55 bits per heavy atom. The van der Waals surface area contributed by atoms with E-state index in [0.717, 1.165) is 37.2 Å². The third-order valence-electron chi connectivity index (χ3n) is 4.72. The molecule has 2 heterocycles. The predicted octanol–water partition coefficient (Wildman–Crippen LogP) is 2.79. The standard InChI is InChI=1S/C18H26N2O2/c1-2-22-17-9-7-15(8-10-17)18(21)20-13-5-6-16(20)14-19-11-3-4-12-19/h7-10,16H,2-6,11-14H2,1H3. The summed E-state index contributed by atoms with van der Waals surface area (Å²) in [5.74, 6) is 0.999. The number of amides is 1. The summed E-state index contributed by atoms with van der Waals surface area (Å²) < 4.78 is 5.44. The minimum Gasteiger partial charge on any atom is -0.494 e. The second-order valence-corrected chi connectivity index (χ2v) is 6.26. The normalized spacial score (nSPS) is 22.2. The SMILES string of the molecule is CCOc1ccc(C(=O)N2CCCC2CN2CCCC2)cc1. The molecule has 0 bridgehead atoms. The van der Waals surface area contributed by atoms with Gasteiger partial charge in [-0.05, 0) is 70.0 Å². The van der Waals surface area contributed by atoms with E-state index in [4.69, 9.17) is 4.74 Å². The first-order chi connectivity index (χ1) is 10.8. The number of hydrogen-bond donors (Lipinski definition) is 0. The van der Waals surface area contributed by atoms with Crippen LogP contribution in [0.4, 0.5) is 0 Å². The van der Waals surface area contributed by atoms with E-state index in [2.05, 4.69) is 9.80 Å². The molecule has 0 N–H and O–H groups in total. The molecule has 22 heavy (non-hydrogen) atoms. The summed E-state index contributed by atoms with van der Waals surface area (Å²) in [6.07, 6.45) is 4.87. The van der Waals surface area contributed by atoms with Gasteiger partial charge < -0.3 is 14.5 Å². The predicted molar refractivity (Wildman–Crippen MR) is 87.3 cm³/mol. The molecule has 0 radical (unpaired) electrons. The Kier molecular flexibility index (Phi) is 4.98. The van der Waals surface area contributed by atoms with Crippen molar-refractivity contribution in [2.75, 3.05) is 32.8 Å². The molecule has 0 spiro atoms. The number of carbonyl (C=O) groups excluding carboxylic acids is 1. The maximum Gasteiger partial charge on any atom is 0.254 e. The van der Waals surface area contributed by atoms with Crippen LogP contribution in [0.2, 0.25) is 0 Å². The fourth-order valence-electron chi connectivity index (χ4n) is 3.58. The van der Waals surface area contributed by atoms with Crippen molar-refractivity contribution >= 4 is 5.91 Å². The van der Waals surface area contributed by atoms with E-state index >= 15 is 0 Å². The monoisotopic (exact) mass is 302 g/mol. The summed E-state index contributed by atoms with van der Waals surface area (Å²) >= 11 is 0. The molecule has 2 aliphatic rings. The minimum atomic E-state index is 0.171. The molecule has 2 saturated heterocycles. The van der Waals surface area contributed by atoms with Crippen molar-refractivity contribution in [2.24, 2.45) is 0 Å². The number of ether oxygens (including phenoxy) is 1. The third kappa shape index (κ3) is 3.43. The fraction of sp³-hybridized carbons (Fsp3) is 0.611. The quantitative estimate of drug-likeness (QED) is 0.838. The van der Waals surface area contributed by atoms with E-state index < -0.39 is 0 Å². The highest BCUT2D eigenvalue weighted by Crippen LogP contribution is 2.23. The minimum absolute atomic E-state index is 0.171. The van der Waals surface area contributed by atoms with E-state index in [1.807, 2.05) is 31.2 Å². The molecule has 1 aromatic carbocycles. The molecule has 1 amide bonds. The Morgan fingerprint density at radius 1 is 1.14 bits per heavy atom. The van der Waals surface area contributed by atoms with Crippen molar-refractivity contribution < 1.29 is 9.53 Å². The van der Waals surface area contributed by atoms with Gasteiger partial charge in [-0.1, -0.05) is 0 Å².